The third-order valence-electron chi connectivity index (χ3n) is 3.04. The molecule has 2 rings (SSSR count). The van der Waals surface area contributed by atoms with E-state index in [1.54, 1.807) is 29.6 Å². The van der Waals surface area contributed by atoms with Gasteiger partial charge < -0.3 is 9.72 Å². The van der Waals surface area contributed by atoms with Crippen LogP contribution in [0.5, 0.6) is 5.75 Å². The highest BCUT2D eigenvalue weighted by Gasteiger charge is 2.02. The van der Waals surface area contributed by atoms with Crippen LogP contribution < -0.4 is 10.3 Å². The van der Waals surface area contributed by atoms with E-state index in [4.69, 9.17) is 4.74 Å². The van der Waals surface area contributed by atoms with Gasteiger partial charge in [0.25, 0.3) is 5.56 Å². The zero-order valence-electron chi connectivity index (χ0n) is 13.5. The highest BCUT2D eigenvalue weighted by Crippen LogP contribution is 2.16. The Labute approximate surface area is 145 Å². The molecule has 0 bridgehead atoms. The van der Waals surface area contributed by atoms with Crippen LogP contribution >= 0.6 is 23.5 Å². The maximum atomic E-state index is 11.6. The minimum absolute atomic E-state index is 0.0786. The number of H-pyrrole nitrogens is 1. The molecule has 1 heterocycles. The fourth-order valence-corrected chi connectivity index (χ4v) is 3.26. The van der Waals surface area contributed by atoms with Gasteiger partial charge in [-0.15, -0.1) is 0 Å². The monoisotopic (exact) mass is 350 g/mol. The molecule has 0 amide bonds. The molecule has 6 heteroatoms. The highest BCUT2D eigenvalue weighted by molar-refractivity contribution is 7.99. The van der Waals surface area contributed by atoms with Crippen molar-refractivity contribution in [3.63, 3.8) is 0 Å². The quantitative estimate of drug-likeness (QED) is 0.422. The van der Waals surface area contributed by atoms with E-state index in [1.807, 2.05) is 24.3 Å². The summed E-state index contributed by atoms with van der Waals surface area (Å²) < 4.78 is 5.69. The molecular formula is C17H22N2O2S2. The average Bonchev–Trinajstić information content (AvgIpc) is 2.54. The standard InChI is InChI=1S/C17H22N2O2S2/c1-3-22-12-14-11-16(20)19-17(18-14)23-10-4-9-21-15-7-5-13(2)6-8-15/h5-8,11H,3-4,9-10,12H2,1-2H3,(H,18,19,20). The number of aromatic nitrogens is 2. The lowest BCUT2D eigenvalue weighted by Gasteiger charge is -2.06. The molecule has 1 aromatic carbocycles. The maximum Gasteiger partial charge on any atom is 0.251 e. The molecule has 0 aliphatic heterocycles. The minimum atomic E-state index is -0.0786. The first-order chi connectivity index (χ1) is 11.2. The number of aryl methyl sites for hydroxylation is 1. The van der Waals surface area contributed by atoms with Crippen molar-refractivity contribution in [2.45, 2.75) is 31.2 Å². The Bertz CT molecular complexity index is 656. The number of benzene rings is 1. The summed E-state index contributed by atoms with van der Waals surface area (Å²) in [5, 5.41) is 0.694. The van der Waals surface area contributed by atoms with Crippen molar-refractivity contribution >= 4 is 23.5 Å². The first kappa shape index (κ1) is 17.9. The summed E-state index contributed by atoms with van der Waals surface area (Å²) in [6, 6.07) is 9.62. The summed E-state index contributed by atoms with van der Waals surface area (Å²) in [4.78, 5) is 18.9. The Hall–Kier alpha value is -1.40. The SMILES string of the molecule is CCSCc1cc(=O)[nH]c(SCCCOc2ccc(C)cc2)n1. The van der Waals surface area contributed by atoms with E-state index >= 15 is 0 Å². The third kappa shape index (κ3) is 6.71. The van der Waals surface area contributed by atoms with Gasteiger partial charge in [-0.25, -0.2) is 4.98 Å². The highest BCUT2D eigenvalue weighted by atomic mass is 32.2. The minimum Gasteiger partial charge on any atom is -0.494 e. The van der Waals surface area contributed by atoms with Crippen LogP contribution in [-0.2, 0) is 5.75 Å². The Balaban J connectivity index is 1.74. The van der Waals surface area contributed by atoms with Gasteiger partial charge in [0.05, 0.1) is 12.3 Å². The molecule has 0 saturated carbocycles. The molecule has 0 aliphatic carbocycles. The Morgan fingerprint density at radius 3 is 2.78 bits per heavy atom. The van der Waals surface area contributed by atoms with Crippen LogP contribution in [0.1, 0.15) is 24.6 Å². The third-order valence-corrected chi connectivity index (χ3v) is 4.91. The van der Waals surface area contributed by atoms with Gasteiger partial charge in [0, 0.05) is 17.6 Å². The molecular weight excluding hydrogens is 328 g/mol. The molecule has 124 valence electrons. The second kappa shape index (κ2) is 9.67. The molecule has 0 fully saturated rings. The second-order valence-corrected chi connectivity index (χ2v) is 7.40. The van der Waals surface area contributed by atoms with Gasteiger partial charge in [0.15, 0.2) is 5.16 Å². The number of hydrogen-bond donors (Lipinski definition) is 1. The van der Waals surface area contributed by atoms with Crippen molar-refractivity contribution in [1.29, 1.82) is 0 Å². The Morgan fingerprint density at radius 1 is 1.26 bits per heavy atom. The Kier molecular flexibility index (Phi) is 7.55. The summed E-state index contributed by atoms with van der Waals surface area (Å²) in [6.45, 7) is 4.81. The van der Waals surface area contributed by atoms with Gasteiger partial charge in [-0.2, -0.15) is 11.8 Å². The summed E-state index contributed by atoms with van der Waals surface area (Å²) in [5.41, 5.74) is 1.99. The van der Waals surface area contributed by atoms with Gasteiger partial charge in [-0.05, 0) is 31.2 Å². The molecule has 1 aromatic heterocycles. The van der Waals surface area contributed by atoms with E-state index in [2.05, 4.69) is 23.8 Å². The predicted molar refractivity (Wildman–Crippen MR) is 98.7 cm³/mol. The molecule has 0 spiro atoms. The fourth-order valence-electron chi connectivity index (χ4n) is 1.88. The molecule has 2 aromatic rings. The lowest BCUT2D eigenvalue weighted by Crippen LogP contribution is -2.10. The van der Waals surface area contributed by atoms with E-state index in [0.717, 1.165) is 35.1 Å². The van der Waals surface area contributed by atoms with E-state index in [-0.39, 0.29) is 5.56 Å². The molecule has 0 atom stereocenters. The second-order valence-electron chi connectivity index (χ2n) is 5.04. The van der Waals surface area contributed by atoms with Gasteiger partial charge in [-0.3, -0.25) is 4.79 Å². The molecule has 0 saturated heterocycles. The molecule has 1 N–H and O–H groups in total. The first-order valence-electron chi connectivity index (χ1n) is 7.67. The summed E-state index contributed by atoms with van der Waals surface area (Å²) >= 11 is 3.33. The van der Waals surface area contributed by atoms with Crippen molar-refractivity contribution in [3.8, 4) is 5.75 Å². The van der Waals surface area contributed by atoms with Crippen LogP contribution in [0.3, 0.4) is 0 Å². The van der Waals surface area contributed by atoms with E-state index < -0.39 is 0 Å². The molecule has 0 aliphatic rings. The lowest BCUT2D eigenvalue weighted by molar-refractivity contribution is 0.318. The van der Waals surface area contributed by atoms with Crippen molar-refractivity contribution in [3.05, 3.63) is 51.9 Å². The normalized spacial score (nSPS) is 10.7. The summed E-state index contributed by atoms with van der Waals surface area (Å²) in [7, 11) is 0. The van der Waals surface area contributed by atoms with Crippen LogP contribution in [0.2, 0.25) is 0 Å². The number of hydrogen-bond acceptors (Lipinski definition) is 5. The Morgan fingerprint density at radius 2 is 2.04 bits per heavy atom. The number of aromatic amines is 1. The number of rotatable bonds is 9. The zero-order valence-corrected chi connectivity index (χ0v) is 15.1. The number of nitrogens with zero attached hydrogens (tertiary/aromatic N) is 1. The van der Waals surface area contributed by atoms with Crippen LogP contribution in [0.15, 0.2) is 40.3 Å². The van der Waals surface area contributed by atoms with Gasteiger partial charge in [-0.1, -0.05) is 36.4 Å². The van der Waals surface area contributed by atoms with E-state index in [0.29, 0.717) is 11.8 Å². The van der Waals surface area contributed by atoms with E-state index in [1.165, 1.54) is 5.56 Å². The maximum absolute atomic E-state index is 11.6. The smallest absolute Gasteiger partial charge is 0.251 e. The summed E-state index contributed by atoms with van der Waals surface area (Å²) in [5.74, 6) is 3.56. The molecule has 4 nitrogen and oxygen atoms in total. The first-order valence-corrected chi connectivity index (χ1v) is 9.81. The van der Waals surface area contributed by atoms with Crippen molar-refractivity contribution in [2.24, 2.45) is 0 Å². The van der Waals surface area contributed by atoms with Crippen molar-refractivity contribution in [1.82, 2.24) is 9.97 Å². The molecule has 0 unspecified atom stereocenters. The lowest BCUT2D eigenvalue weighted by atomic mass is 10.2. The number of thioether (sulfide) groups is 2. The van der Waals surface area contributed by atoms with E-state index in [9.17, 15) is 4.79 Å². The topological polar surface area (TPSA) is 55.0 Å². The van der Waals surface area contributed by atoms with Crippen LogP contribution in [-0.4, -0.2) is 28.1 Å². The molecule has 0 radical (unpaired) electrons. The summed E-state index contributed by atoms with van der Waals surface area (Å²) in [6.07, 6.45) is 0.899. The average molecular weight is 351 g/mol. The van der Waals surface area contributed by atoms with Crippen molar-refractivity contribution in [2.75, 3.05) is 18.1 Å². The van der Waals surface area contributed by atoms with Gasteiger partial charge in [0.1, 0.15) is 5.75 Å². The molecule has 23 heavy (non-hydrogen) atoms. The number of nitrogens with one attached hydrogen (secondary N) is 1. The van der Waals surface area contributed by atoms with Crippen LogP contribution in [0, 0.1) is 6.92 Å². The van der Waals surface area contributed by atoms with Crippen LogP contribution in [0.4, 0.5) is 0 Å². The van der Waals surface area contributed by atoms with Gasteiger partial charge >= 0.3 is 0 Å². The number of ether oxygens (including phenoxy) is 1. The van der Waals surface area contributed by atoms with Crippen molar-refractivity contribution < 1.29 is 4.74 Å². The predicted octanol–water partition coefficient (Wildman–Crippen LogP) is 3.89. The fraction of sp³-hybridized carbons (Fsp3) is 0.412. The van der Waals surface area contributed by atoms with Crippen LogP contribution in [0.25, 0.3) is 0 Å². The van der Waals surface area contributed by atoms with Gasteiger partial charge in [0.2, 0.25) is 0 Å². The zero-order chi connectivity index (χ0) is 16.5. The largest absolute Gasteiger partial charge is 0.494 e.